The van der Waals surface area contributed by atoms with Gasteiger partial charge in [-0.15, -0.1) is 0 Å². The number of fused-ring (bicyclic) bond motifs is 1. The van der Waals surface area contributed by atoms with Gasteiger partial charge in [0.15, 0.2) is 0 Å². The summed E-state index contributed by atoms with van der Waals surface area (Å²) in [4.78, 5) is 0. The molecule has 3 rings (SSSR count). The first-order valence-electron chi connectivity index (χ1n) is 6.67. The second-order valence-corrected chi connectivity index (χ2v) is 5.06. The zero-order valence-electron chi connectivity index (χ0n) is 11.8. The molecule has 1 aromatic heterocycles. The molecule has 0 spiro atoms. The van der Waals surface area contributed by atoms with Crippen LogP contribution in [0.5, 0.6) is 5.75 Å². The highest BCUT2D eigenvalue weighted by atomic mass is 16.5. The van der Waals surface area contributed by atoms with Gasteiger partial charge < -0.3 is 15.0 Å². The van der Waals surface area contributed by atoms with Crippen LogP contribution in [-0.2, 0) is 13.7 Å². The van der Waals surface area contributed by atoms with Crippen molar-refractivity contribution in [3.8, 4) is 5.75 Å². The number of para-hydroxylation sites is 1. The third-order valence-electron chi connectivity index (χ3n) is 3.60. The molecule has 3 nitrogen and oxygen atoms in total. The van der Waals surface area contributed by atoms with E-state index in [1.54, 1.807) is 0 Å². The fraction of sp³-hybridized carbons (Fsp3) is 0.176. The van der Waals surface area contributed by atoms with Gasteiger partial charge in [-0.2, -0.15) is 0 Å². The molecule has 0 saturated heterocycles. The van der Waals surface area contributed by atoms with E-state index in [-0.39, 0.29) is 0 Å². The van der Waals surface area contributed by atoms with Crippen LogP contribution in [0.25, 0.3) is 10.9 Å². The molecule has 0 amide bonds. The molecule has 0 radical (unpaired) electrons. The van der Waals surface area contributed by atoms with E-state index in [1.165, 1.54) is 0 Å². The molecular weight excluding hydrogens is 248 g/mol. The van der Waals surface area contributed by atoms with Gasteiger partial charge in [0, 0.05) is 29.9 Å². The molecule has 0 aliphatic carbocycles. The van der Waals surface area contributed by atoms with Gasteiger partial charge in [0.25, 0.3) is 0 Å². The zero-order valence-corrected chi connectivity index (χ0v) is 11.8. The Bertz CT molecular complexity index is 759. The van der Waals surface area contributed by atoms with E-state index < -0.39 is 0 Å². The SMILES string of the molecule is Cc1ccccc1OCc1cn(C)c2cccc(N)c12. The molecule has 3 heteroatoms. The van der Waals surface area contributed by atoms with Crippen LogP contribution in [0.2, 0.25) is 0 Å². The van der Waals surface area contributed by atoms with Crippen molar-refractivity contribution in [3.05, 3.63) is 59.8 Å². The van der Waals surface area contributed by atoms with Gasteiger partial charge in [-0.25, -0.2) is 0 Å². The highest BCUT2D eigenvalue weighted by Crippen LogP contribution is 2.28. The van der Waals surface area contributed by atoms with Crippen LogP contribution in [0.15, 0.2) is 48.7 Å². The van der Waals surface area contributed by atoms with Gasteiger partial charge in [-0.3, -0.25) is 0 Å². The molecule has 0 unspecified atom stereocenters. The van der Waals surface area contributed by atoms with Crippen LogP contribution in [0, 0.1) is 6.92 Å². The number of aromatic nitrogens is 1. The topological polar surface area (TPSA) is 40.2 Å². The lowest BCUT2D eigenvalue weighted by atomic mass is 10.1. The number of ether oxygens (including phenoxy) is 1. The van der Waals surface area contributed by atoms with E-state index in [2.05, 4.69) is 16.8 Å². The van der Waals surface area contributed by atoms with Crippen LogP contribution >= 0.6 is 0 Å². The molecule has 0 aliphatic heterocycles. The molecule has 3 aromatic rings. The number of nitrogens with zero attached hydrogens (tertiary/aromatic N) is 1. The maximum atomic E-state index is 6.10. The Hall–Kier alpha value is -2.42. The molecule has 102 valence electrons. The minimum Gasteiger partial charge on any atom is -0.489 e. The summed E-state index contributed by atoms with van der Waals surface area (Å²) in [6.07, 6.45) is 2.08. The van der Waals surface area contributed by atoms with Crippen molar-refractivity contribution in [2.45, 2.75) is 13.5 Å². The van der Waals surface area contributed by atoms with Crippen molar-refractivity contribution >= 4 is 16.6 Å². The molecule has 0 bridgehead atoms. The Morgan fingerprint density at radius 2 is 1.90 bits per heavy atom. The summed E-state index contributed by atoms with van der Waals surface area (Å²) in [6, 6.07) is 14.0. The van der Waals surface area contributed by atoms with Crippen molar-refractivity contribution < 1.29 is 4.74 Å². The summed E-state index contributed by atoms with van der Waals surface area (Å²) >= 11 is 0. The summed E-state index contributed by atoms with van der Waals surface area (Å²) in [5.41, 5.74) is 10.3. The van der Waals surface area contributed by atoms with Crippen LogP contribution in [0.4, 0.5) is 5.69 Å². The van der Waals surface area contributed by atoms with Crippen molar-refractivity contribution in [2.24, 2.45) is 7.05 Å². The smallest absolute Gasteiger partial charge is 0.122 e. The van der Waals surface area contributed by atoms with Gasteiger partial charge in [0.1, 0.15) is 12.4 Å². The van der Waals surface area contributed by atoms with E-state index in [0.29, 0.717) is 6.61 Å². The van der Waals surface area contributed by atoms with Crippen molar-refractivity contribution in [1.82, 2.24) is 4.57 Å². The summed E-state index contributed by atoms with van der Waals surface area (Å²) in [6.45, 7) is 2.57. The standard InChI is InChI=1S/C17H18N2O/c1-12-6-3-4-9-16(12)20-11-13-10-19(2)15-8-5-7-14(18)17(13)15/h3-10H,11,18H2,1-2H3. The predicted molar refractivity (Wildman–Crippen MR) is 82.8 cm³/mol. The minimum absolute atomic E-state index is 0.524. The molecule has 0 aliphatic rings. The second kappa shape index (κ2) is 4.93. The Balaban J connectivity index is 1.94. The molecule has 0 atom stereocenters. The largest absolute Gasteiger partial charge is 0.489 e. The molecule has 0 fully saturated rings. The number of rotatable bonds is 3. The Labute approximate surface area is 118 Å². The third-order valence-corrected chi connectivity index (χ3v) is 3.60. The average Bonchev–Trinajstić information content (AvgIpc) is 2.76. The Morgan fingerprint density at radius 3 is 2.70 bits per heavy atom. The Morgan fingerprint density at radius 1 is 1.10 bits per heavy atom. The lowest BCUT2D eigenvalue weighted by Crippen LogP contribution is -1.97. The summed E-state index contributed by atoms with van der Waals surface area (Å²) in [7, 11) is 2.03. The second-order valence-electron chi connectivity index (χ2n) is 5.06. The molecule has 2 aromatic carbocycles. The maximum absolute atomic E-state index is 6.10. The van der Waals surface area contributed by atoms with Crippen LogP contribution < -0.4 is 10.5 Å². The molecule has 20 heavy (non-hydrogen) atoms. The lowest BCUT2D eigenvalue weighted by Gasteiger charge is -2.08. The van der Waals surface area contributed by atoms with Gasteiger partial charge >= 0.3 is 0 Å². The third kappa shape index (κ3) is 2.11. The van der Waals surface area contributed by atoms with E-state index in [0.717, 1.165) is 33.5 Å². The summed E-state index contributed by atoms with van der Waals surface area (Å²) < 4.78 is 8.02. The number of nitrogens with two attached hydrogens (primary N) is 1. The monoisotopic (exact) mass is 266 g/mol. The number of benzene rings is 2. The van der Waals surface area contributed by atoms with Gasteiger partial charge in [-0.1, -0.05) is 24.3 Å². The number of hydrogen-bond donors (Lipinski definition) is 1. The normalized spacial score (nSPS) is 10.9. The number of anilines is 1. The first kappa shape index (κ1) is 12.6. The number of hydrogen-bond acceptors (Lipinski definition) is 2. The maximum Gasteiger partial charge on any atom is 0.122 e. The summed E-state index contributed by atoms with van der Waals surface area (Å²) in [5, 5.41) is 1.09. The Kier molecular flexibility index (Phi) is 3.11. The average molecular weight is 266 g/mol. The van der Waals surface area contributed by atoms with Crippen molar-refractivity contribution in [1.29, 1.82) is 0 Å². The molecule has 1 heterocycles. The molecule has 2 N–H and O–H groups in total. The van der Waals surface area contributed by atoms with E-state index in [9.17, 15) is 0 Å². The zero-order chi connectivity index (χ0) is 14.1. The van der Waals surface area contributed by atoms with Crippen LogP contribution in [0.3, 0.4) is 0 Å². The molecule has 0 saturated carbocycles. The van der Waals surface area contributed by atoms with E-state index >= 15 is 0 Å². The first-order valence-corrected chi connectivity index (χ1v) is 6.67. The lowest BCUT2D eigenvalue weighted by molar-refractivity contribution is 0.305. The van der Waals surface area contributed by atoms with E-state index in [4.69, 9.17) is 10.5 Å². The predicted octanol–water partition coefficient (Wildman–Crippen LogP) is 3.65. The highest BCUT2D eigenvalue weighted by Gasteiger charge is 2.10. The van der Waals surface area contributed by atoms with Gasteiger partial charge in [-0.05, 0) is 30.7 Å². The van der Waals surface area contributed by atoms with E-state index in [1.807, 2.05) is 50.4 Å². The van der Waals surface area contributed by atoms with Crippen LogP contribution in [0.1, 0.15) is 11.1 Å². The van der Waals surface area contributed by atoms with Gasteiger partial charge in [0.2, 0.25) is 0 Å². The first-order chi connectivity index (χ1) is 9.66. The van der Waals surface area contributed by atoms with Crippen molar-refractivity contribution in [2.75, 3.05) is 5.73 Å². The fourth-order valence-corrected chi connectivity index (χ4v) is 2.55. The van der Waals surface area contributed by atoms with Crippen LogP contribution in [-0.4, -0.2) is 4.57 Å². The number of aryl methyl sites for hydroxylation is 2. The number of nitrogen functional groups attached to an aromatic ring is 1. The van der Waals surface area contributed by atoms with Gasteiger partial charge in [0.05, 0.1) is 5.52 Å². The fourth-order valence-electron chi connectivity index (χ4n) is 2.55. The summed E-state index contributed by atoms with van der Waals surface area (Å²) in [5.74, 6) is 0.916. The van der Waals surface area contributed by atoms with Crippen molar-refractivity contribution in [3.63, 3.8) is 0 Å². The quantitative estimate of drug-likeness (QED) is 0.735. The molecular formula is C17H18N2O. The highest BCUT2D eigenvalue weighted by molar-refractivity contribution is 5.94. The minimum atomic E-state index is 0.524.